The van der Waals surface area contributed by atoms with Gasteiger partial charge in [0.2, 0.25) is 10.0 Å². The minimum absolute atomic E-state index is 0.117. The van der Waals surface area contributed by atoms with Gasteiger partial charge < -0.3 is 0 Å². The van der Waals surface area contributed by atoms with Crippen LogP contribution in [0.4, 0.5) is 10.8 Å². The summed E-state index contributed by atoms with van der Waals surface area (Å²) in [5.74, 6) is -0.684. The monoisotopic (exact) mass is 356 g/mol. The summed E-state index contributed by atoms with van der Waals surface area (Å²) in [5, 5.41) is 15.4. The summed E-state index contributed by atoms with van der Waals surface area (Å²) in [4.78, 5) is 25.9. The number of non-ortho nitro benzene ring substituents is 1. The van der Waals surface area contributed by atoms with E-state index in [2.05, 4.69) is 15.0 Å². The van der Waals surface area contributed by atoms with Gasteiger partial charge in [-0.1, -0.05) is 6.92 Å². The normalized spacial score (nSPS) is 11.2. The van der Waals surface area contributed by atoms with E-state index < -0.39 is 26.5 Å². The number of nitrogens with zero attached hydrogens (tertiary/aromatic N) is 2. The first-order valence-electron chi connectivity index (χ1n) is 6.33. The van der Waals surface area contributed by atoms with E-state index in [1.807, 2.05) is 0 Å². The highest BCUT2D eigenvalue weighted by Gasteiger charge is 2.21. The summed E-state index contributed by atoms with van der Waals surface area (Å²) in [6.07, 6.45) is 1.48. The van der Waals surface area contributed by atoms with Crippen LogP contribution in [0.5, 0.6) is 0 Å². The fourth-order valence-electron chi connectivity index (χ4n) is 1.70. The Morgan fingerprint density at radius 2 is 2.13 bits per heavy atom. The van der Waals surface area contributed by atoms with Crippen LogP contribution in [0, 0.1) is 10.1 Å². The van der Waals surface area contributed by atoms with Crippen LogP contribution in [-0.2, 0) is 10.0 Å². The molecular formula is C12H12N4O5S2. The zero-order valence-corrected chi connectivity index (χ0v) is 13.5. The van der Waals surface area contributed by atoms with Crippen molar-refractivity contribution >= 4 is 38.1 Å². The molecule has 2 aromatic rings. The second kappa shape index (κ2) is 6.81. The molecule has 2 N–H and O–H groups in total. The van der Waals surface area contributed by atoms with Crippen LogP contribution in [-0.4, -0.2) is 30.8 Å². The average molecular weight is 356 g/mol. The molecule has 23 heavy (non-hydrogen) atoms. The predicted octanol–water partition coefficient (Wildman–Crippen LogP) is 1.60. The lowest BCUT2D eigenvalue weighted by molar-refractivity contribution is -0.385. The van der Waals surface area contributed by atoms with E-state index >= 15 is 0 Å². The topological polar surface area (TPSA) is 131 Å². The zero-order valence-electron chi connectivity index (χ0n) is 11.8. The Kier molecular flexibility index (Phi) is 5.03. The number of carbonyl (C=O) groups is 1. The van der Waals surface area contributed by atoms with Gasteiger partial charge in [0.25, 0.3) is 11.6 Å². The van der Waals surface area contributed by atoms with Crippen molar-refractivity contribution in [2.24, 2.45) is 0 Å². The van der Waals surface area contributed by atoms with Gasteiger partial charge in [0, 0.05) is 35.8 Å². The number of thiazole rings is 1. The number of benzene rings is 1. The molecule has 11 heteroatoms. The molecule has 0 aliphatic heterocycles. The number of rotatable bonds is 6. The minimum atomic E-state index is -3.93. The molecule has 0 unspecified atom stereocenters. The largest absolute Gasteiger partial charge is 0.298 e. The number of aromatic nitrogens is 1. The van der Waals surface area contributed by atoms with Gasteiger partial charge >= 0.3 is 0 Å². The van der Waals surface area contributed by atoms with E-state index in [1.165, 1.54) is 17.5 Å². The van der Waals surface area contributed by atoms with Gasteiger partial charge in [-0.25, -0.2) is 18.1 Å². The molecule has 0 saturated carbocycles. The second-order valence-corrected chi connectivity index (χ2v) is 6.93. The van der Waals surface area contributed by atoms with E-state index in [9.17, 15) is 23.3 Å². The number of anilines is 1. The molecule has 1 heterocycles. The van der Waals surface area contributed by atoms with Crippen molar-refractivity contribution in [2.45, 2.75) is 11.8 Å². The van der Waals surface area contributed by atoms with Crippen molar-refractivity contribution < 1.29 is 18.1 Å². The first kappa shape index (κ1) is 17.0. The Morgan fingerprint density at radius 3 is 2.70 bits per heavy atom. The number of sulfonamides is 1. The highest BCUT2D eigenvalue weighted by Crippen LogP contribution is 2.22. The maximum Gasteiger partial charge on any atom is 0.271 e. The fourth-order valence-corrected chi connectivity index (χ4v) is 3.33. The number of hydrogen-bond donors (Lipinski definition) is 2. The maximum atomic E-state index is 12.1. The lowest BCUT2D eigenvalue weighted by Crippen LogP contribution is -2.24. The molecule has 122 valence electrons. The molecule has 1 amide bonds. The zero-order chi connectivity index (χ0) is 17.0. The van der Waals surface area contributed by atoms with Crippen LogP contribution < -0.4 is 10.0 Å². The van der Waals surface area contributed by atoms with Crippen molar-refractivity contribution in [1.82, 2.24) is 9.71 Å². The smallest absolute Gasteiger partial charge is 0.271 e. The van der Waals surface area contributed by atoms with Gasteiger partial charge in [-0.05, 0) is 6.07 Å². The van der Waals surface area contributed by atoms with Crippen molar-refractivity contribution in [2.75, 3.05) is 11.9 Å². The molecule has 1 aromatic carbocycles. The summed E-state index contributed by atoms with van der Waals surface area (Å²) in [7, 11) is -3.93. The molecular weight excluding hydrogens is 344 g/mol. The quantitative estimate of drug-likeness (QED) is 0.597. The molecule has 0 aliphatic rings. The predicted molar refractivity (Wildman–Crippen MR) is 84.0 cm³/mol. The van der Waals surface area contributed by atoms with Gasteiger partial charge in [0.05, 0.1) is 9.82 Å². The van der Waals surface area contributed by atoms with E-state index in [4.69, 9.17) is 0 Å². The molecule has 1 aromatic heterocycles. The maximum absolute atomic E-state index is 12.1. The number of nitro benzene ring substituents is 1. The highest BCUT2D eigenvalue weighted by molar-refractivity contribution is 7.89. The Morgan fingerprint density at radius 1 is 1.39 bits per heavy atom. The number of carbonyl (C=O) groups excluding carboxylic acids is 1. The highest BCUT2D eigenvalue weighted by atomic mass is 32.2. The third-order valence-electron chi connectivity index (χ3n) is 2.66. The van der Waals surface area contributed by atoms with Crippen LogP contribution in [0.1, 0.15) is 17.3 Å². The number of nitro groups is 1. The summed E-state index contributed by atoms with van der Waals surface area (Å²) < 4.78 is 26.3. The van der Waals surface area contributed by atoms with Crippen LogP contribution >= 0.6 is 11.3 Å². The van der Waals surface area contributed by atoms with Crippen molar-refractivity contribution in [3.8, 4) is 0 Å². The summed E-state index contributed by atoms with van der Waals surface area (Å²) in [6, 6.07) is 2.99. The standard InChI is InChI=1S/C12H12N4O5S2/c1-2-14-23(20,21)10-6-8(5-9(7-10)16(18)19)11(17)15-12-13-3-4-22-12/h3-7,14H,2H2,1H3,(H,13,15,17). The molecule has 0 bridgehead atoms. The van der Waals surface area contributed by atoms with Crippen LogP contribution in [0.25, 0.3) is 0 Å². The number of nitrogens with one attached hydrogen (secondary N) is 2. The summed E-state index contributed by atoms with van der Waals surface area (Å²) in [6.45, 7) is 1.69. The van der Waals surface area contributed by atoms with Gasteiger partial charge in [-0.15, -0.1) is 11.3 Å². The molecule has 0 aliphatic carbocycles. The summed E-state index contributed by atoms with van der Waals surface area (Å²) in [5.41, 5.74) is -0.640. The first-order chi connectivity index (χ1) is 10.8. The Bertz CT molecular complexity index is 833. The van der Waals surface area contributed by atoms with Crippen molar-refractivity contribution in [1.29, 1.82) is 0 Å². The van der Waals surface area contributed by atoms with E-state index in [0.717, 1.165) is 18.2 Å². The third kappa shape index (κ3) is 4.09. The number of hydrogen-bond acceptors (Lipinski definition) is 7. The van der Waals surface area contributed by atoms with Crippen LogP contribution in [0.2, 0.25) is 0 Å². The third-order valence-corrected chi connectivity index (χ3v) is 4.88. The van der Waals surface area contributed by atoms with E-state index in [0.29, 0.717) is 5.13 Å². The lowest BCUT2D eigenvalue weighted by atomic mass is 10.2. The molecule has 2 rings (SSSR count). The van der Waals surface area contributed by atoms with Crippen LogP contribution in [0.15, 0.2) is 34.7 Å². The molecule has 0 fully saturated rings. The molecule has 0 atom stereocenters. The molecule has 0 spiro atoms. The lowest BCUT2D eigenvalue weighted by Gasteiger charge is -2.07. The molecule has 9 nitrogen and oxygen atoms in total. The SMILES string of the molecule is CCNS(=O)(=O)c1cc(C(=O)Nc2nccs2)cc([N+](=O)[O-])c1. The van der Waals surface area contributed by atoms with Crippen molar-refractivity contribution in [3.63, 3.8) is 0 Å². The van der Waals surface area contributed by atoms with Gasteiger partial charge in [0.1, 0.15) is 0 Å². The fraction of sp³-hybridized carbons (Fsp3) is 0.167. The first-order valence-corrected chi connectivity index (χ1v) is 8.69. The Hall–Kier alpha value is -2.37. The van der Waals surface area contributed by atoms with Crippen LogP contribution in [0.3, 0.4) is 0 Å². The van der Waals surface area contributed by atoms with Crippen molar-refractivity contribution in [3.05, 3.63) is 45.5 Å². The number of amides is 1. The van der Waals surface area contributed by atoms with Gasteiger partial charge in [-0.2, -0.15) is 0 Å². The average Bonchev–Trinajstić information content (AvgIpc) is 2.99. The second-order valence-electron chi connectivity index (χ2n) is 4.27. The van der Waals surface area contributed by atoms with E-state index in [-0.39, 0.29) is 17.0 Å². The molecule has 0 saturated heterocycles. The van der Waals surface area contributed by atoms with Gasteiger partial charge in [-0.3, -0.25) is 20.2 Å². The van der Waals surface area contributed by atoms with E-state index in [1.54, 1.807) is 12.3 Å². The summed E-state index contributed by atoms with van der Waals surface area (Å²) >= 11 is 1.17. The Balaban J connectivity index is 2.45. The van der Waals surface area contributed by atoms with Gasteiger partial charge in [0.15, 0.2) is 5.13 Å². The minimum Gasteiger partial charge on any atom is -0.298 e. The molecule has 0 radical (unpaired) electrons. The Labute approximate surface area is 135 Å².